The lowest BCUT2D eigenvalue weighted by Crippen LogP contribution is -2.44. The standard InChI is InChI=1S/C25H31N7O2/c1-18(33)27-21-8-5-19(6-9-21)17-32-11-3-4-22(32)25-28-24(29-34-25)20-7-10-23(26-16-20)31-14-12-30(2)13-15-31/h5-10,16,22H,3-4,11-15,17H2,1-2H3,(H,27,33)/t22-/m0/s1. The van der Waals surface area contributed by atoms with Gasteiger partial charge in [-0.15, -0.1) is 0 Å². The number of aromatic nitrogens is 3. The number of pyridine rings is 1. The van der Waals surface area contributed by atoms with Crippen molar-refractivity contribution in [1.82, 2.24) is 24.9 Å². The Morgan fingerprint density at radius 1 is 1.09 bits per heavy atom. The molecular weight excluding hydrogens is 430 g/mol. The number of nitrogens with one attached hydrogen (secondary N) is 1. The normalized spacial score (nSPS) is 19.5. The van der Waals surface area contributed by atoms with E-state index in [1.165, 1.54) is 12.5 Å². The number of likely N-dealkylation sites (N-methyl/N-ethyl adjacent to an activating group) is 1. The molecule has 1 atom stereocenters. The van der Waals surface area contributed by atoms with Crippen molar-refractivity contribution in [3.63, 3.8) is 0 Å². The van der Waals surface area contributed by atoms with E-state index >= 15 is 0 Å². The van der Waals surface area contributed by atoms with Crippen LogP contribution in [0.2, 0.25) is 0 Å². The molecule has 1 amide bonds. The fraction of sp³-hybridized carbons (Fsp3) is 0.440. The molecule has 178 valence electrons. The van der Waals surface area contributed by atoms with Crippen LogP contribution in [0.3, 0.4) is 0 Å². The molecular formula is C25H31N7O2. The highest BCUT2D eigenvalue weighted by atomic mass is 16.5. The molecule has 0 saturated carbocycles. The zero-order valence-corrected chi connectivity index (χ0v) is 19.8. The van der Waals surface area contributed by atoms with Gasteiger partial charge in [-0.25, -0.2) is 4.98 Å². The van der Waals surface area contributed by atoms with Gasteiger partial charge in [0.2, 0.25) is 17.6 Å². The summed E-state index contributed by atoms with van der Waals surface area (Å²) in [5.74, 6) is 2.17. The summed E-state index contributed by atoms with van der Waals surface area (Å²) in [7, 11) is 2.15. The molecule has 34 heavy (non-hydrogen) atoms. The fourth-order valence-corrected chi connectivity index (χ4v) is 4.66. The summed E-state index contributed by atoms with van der Waals surface area (Å²) in [5.41, 5.74) is 2.86. The zero-order valence-electron chi connectivity index (χ0n) is 19.8. The van der Waals surface area contributed by atoms with Gasteiger partial charge in [0.15, 0.2) is 0 Å². The van der Waals surface area contributed by atoms with Crippen LogP contribution in [-0.2, 0) is 11.3 Å². The van der Waals surface area contributed by atoms with E-state index in [1.54, 1.807) is 0 Å². The Kier molecular flexibility index (Phi) is 6.55. The van der Waals surface area contributed by atoms with Gasteiger partial charge in [-0.2, -0.15) is 4.98 Å². The summed E-state index contributed by atoms with van der Waals surface area (Å²) in [5, 5.41) is 7.06. The van der Waals surface area contributed by atoms with Crippen molar-refractivity contribution in [3.05, 3.63) is 54.0 Å². The Bertz CT molecular complexity index is 1110. The Morgan fingerprint density at radius 3 is 2.59 bits per heavy atom. The van der Waals surface area contributed by atoms with Gasteiger partial charge >= 0.3 is 0 Å². The van der Waals surface area contributed by atoms with Crippen molar-refractivity contribution in [2.24, 2.45) is 0 Å². The first-order valence-electron chi connectivity index (χ1n) is 11.9. The third-order valence-electron chi connectivity index (χ3n) is 6.58. The summed E-state index contributed by atoms with van der Waals surface area (Å²) < 4.78 is 5.70. The van der Waals surface area contributed by atoms with E-state index < -0.39 is 0 Å². The molecule has 0 unspecified atom stereocenters. The minimum absolute atomic E-state index is 0.0660. The smallest absolute Gasteiger partial charge is 0.244 e. The van der Waals surface area contributed by atoms with Crippen molar-refractivity contribution in [3.8, 4) is 11.4 Å². The van der Waals surface area contributed by atoms with Crippen molar-refractivity contribution in [1.29, 1.82) is 0 Å². The van der Waals surface area contributed by atoms with Crippen LogP contribution in [0.15, 0.2) is 47.1 Å². The van der Waals surface area contributed by atoms with Crippen LogP contribution in [-0.4, -0.2) is 70.6 Å². The van der Waals surface area contributed by atoms with Gasteiger partial charge in [0, 0.05) is 57.1 Å². The van der Waals surface area contributed by atoms with Crippen LogP contribution < -0.4 is 10.2 Å². The lowest BCUT2D eigenvalue weighted by atomic mass is 10.1. The van der Waals surface area contributed by atoms with E-state index in [2.05, 4.69) is 37.2 Å². The Morgan fingerprint density at radius 2 is 1.88 bits per heavy atom. The topological polar surface area (TPSA) is 90.6 Å². The summed E-state index contributed by atoms with van der Waals surface area (Å²) >= 11 is 0. The number of benzene rings is 1. The average Bonchev–Trinajstić information content (AvgIpc) is 3.50. The molecule has 2 saturated heterocycles. The molecule has 2 aliphatic heterocycles. The summed E-state index contributed by atoms with van der Waals surface area (Å²) in [4.78, 5) is 27.6. The highest BCUT2D eigenvalue weighted by molar-refractivity contribution is 5.88. The third-order valence-corrected chi connectivity index (χ3v) is 6.58. The van der Waals surface area contributed by atoms with Gasteiger partial charge in [-0.3, -0.25) is 9.69 Å². The minimum atomic E-state index is -0.0660. The second-order valence-corrected chi connectivity index (χ2v) is 9.16. The molecule has 2 aromatic heterocycles. The molecule has 5 rings (SSSR count). The van der Waals surface area contributed by atoms with E-state index in [0.29, 0.717) is 11.7 Å². The second-order valence-electron chi connectivity index (χ2n) is 9.16. The molecule has 4 heterocycles. The lowest BCUT2D eigenvalue weighted by molar-refractivity contribution is -0.114. The lowest BCUT2D eigenvalue weighted by Gasteiger charge is -2.33. The van der Waals surface area contributed by atoms with Gasteiger partial charge in [0.25, 0.3) is 0 Å². The number of likely N-dealkylation sites (tertiary alicyclic amines) is 1. The van der Waals surface area contributed by atoms with Crippen molar-refractivity contribution < 1.29 is 9.32 Å². The predicted octanol–water partition coefficient (Wildman–Crippen LogP) is 3.18. The molecule has 9 heteroatoms. The number of piperazine rings is 1. The highest BCUT2D eigenvalue weighted by Crippen LogP contribution is 2.33. The van der Waals surface area contributed by atoms with E-state index in [1.807, 2.05) is 42.6 Å². The first kappa shape index (κ1) is 22.5. The van der Waals surface area contributed by atoms with Crippen LogP contribution in [0.4, 0.5) is 11.5 Å². The van der Waals surface area contributed by atoms with Crippen LogP contribution in [0.5, 0.6) is 0 Å². The van der Waals surface area contributed by atoms with Gasteiger partial charge in [-0.1, -0.05) is 17.3 Å². The molecule has 3 aromatic rings. The van der Waals surface area contributed by atoms with E-state index in [0.717, 1.165) is 69.2 Å². The van der Waals surface area contributed by atoms with Crippen LogP contribution in [0, 0.1) is 0 Å². The summed E-state index contributed by atoms with van der Waals surface area (Å²) in [6.45, 7) is 7.37. The van der Waals surface area contributed by atoms with Crippen molar-refractivity contribution in [2.75, 3.05) is 50.0 Å². The Hall–Kier alpha value is -3.30. The number of hydrogen-bond acceptors (Lipinski definition) is 8. The first-order chi connectivity index (χ1) is 16.5. The monoisotopic (exact) mass is 461 g/mol. The molecule has 0 spiro atoms. The van der Waals surface area contributed by atoms with Crippen LogP contribution in [0.1, 0.15) is 37.3 Å². The molecule has 0 bridgehead atoms. The number of rotatable bonds is 6. The van der Waals surface area contributed by atoms with E-state index in [-0.39, 0.29) is 11.9 Å². The highest BCUT2D eigenvalue weighted by Gasteiger charge is 2.31. The van der Waals surface area contributed by atoms with E-state index in [9.17, 15) is 4.79 Å². The van der Waals surface area contributed by atoms with Crippen molar-refractivity contribution in [2.45, 2.75) is 32.4 Å². The number of nitrogens with zero attached hydrogens (tertiary/aromatic N) is 6. The van der Waals surface area contributed by atoms with Gasteiger partial charge in [-0.05, 0) is 56.3 Å². The molecule has 2 fully saturated rings. The molecule has 0 radical (unpaired) electrons. The maximum Gasteiger partial charge on any atom is 0.244 e. The Balaban J connectivity index is 1.24. The van der Waals surface area contributed by atoms with Crippen molar-refractivity contribution >= 4 is 17.4 Å². The van der Waals surface area contributed by atoms with Gasteiger partial charge in [0.1, 0.15) is 5.82 Å². The minimum Gasteiger partial charge on any atom is -0.354 e. The van der Waals surface area contributed by atoms with Gasteiger partial charge in [0.05, 0.1) is 6.04 Å². The largest absolute Gasteiger partial charge is 0.354 e. The quantitative estimate of drug-likeness (QED) is 0.599. The number of carbonyl (C=O) groups is 1. The van der Waals surface area contributed by atoms with Crippen LogP contribution in [0.25, 0.3) is 11.4 Å². The van der Waals surface area contributed by atoms with Gasteiger partial charge < -0.3 is 19.6 Å². The summed E-state index contributed by atoms with van der Waals surface area (Å²) in [6.07, 6.45) is 3.92. The molecule has 2 aliphatic rings. The third kappa shape index (κ3) is 5.10. The maximum atomic E-state index is 11.2. The molecule has 1 N–H and O–H groups in total. The average molecular weight is 462 g/mol. The zero-order chi connectivity index (χ0) is 23.5. The Labute approximate surface area is 199 Å². The molecule has 9 nitrogen and oxygen atoms in total. The SMILES string of the molecule is CC(=O)Nc1ccc(CN2CCC[C@H]2c2nc(-c3ccc(N4CCN(C)CC4)nc3)no2)cc1. The summed E-state index contributed by atoms with van der Waals surface area (Å²) in [6, 6.07) is 12.1. The number of amides is 1. The number of carbonyl (C=O) groups excluding carboxylic acids is 1. The van der Waals surface area contributed by atoms with E-state index in [4.69, 9.17) is 9.51 Å². The number of anilines is 2. The van der Waals surface area contributed by atoms with Crippen LogP contribution >= 0.6 is 0 Å². The maximum absolute atomic E-state index is 11.2. The fourth-order valence-electron chi connectivity index (χ4n) is 4.66. The predicted molar refractivity (Wildman–Crippen MR) is 130 cm³/mol. The molecule has 0 aliphatic carbocycles. The second kappa shape index (κ2) is 9.90. The molecule has 1 aromatic carbocycles. The number of hydrogen-bond donors (Lipinski definition) is 1. The first-order valence-corrected chi connectivity index (χ1v) is 11.9.